The molecular formula is C29H32Cl2N2O3. The van der Waals surface area contributed by atoms with Crippen LogP contribution in [0.25, 0.3) is 0 Å². The van der Waals surface area contributed by atoms with Crippen molar-refractivity contribution in [3.63, 3.8) is 0 Å². The van der Waals surface area contributed by atoms with Gasteiger partial charge in [-0.25, -0.2) is 0 Å². The average molecular weight is 527 g/mol. The van der Waals surface area contributed by atoms with Gasteiger partial charge in [0.2, 0.25) is 5.91 Å². The molecule has 0 aliphatic rings. The topological polar surface area (TPSA) is 58.6 Å². The van der Waals surface area contributed by atoms with E-state index in [9.17, 15) is 9.59 Å². The van der Waals surface area contributed by atoms with E-state index in [0.717, 1.165) is 28.7 Å². The van der Waals surface area contributed by atoms with Crippen molar-refractivity contribution in [1.29, 1.82) is 0 Å². The summed E-state index contributed by atoms with van der Waals surface area (Å²) >= 11 is 12.4. The first-order valence-electron chi connectivity index (χ1n) is 12.0. The van der Waals surface area contributed by atoms with Gasteiger partial charge in [-0.15, -0.1) is 0 Å². The number of nitrogens with zero attached hydrogens (tertiary/aromatic N) is 1. The third-order valence-electron chi connectivity index (χ3n) is 5.71. The molecule has 0 aliphatic carbocycles. The summed E-state index contributed by atoms with van der Waals surface area (Å²) in [6.45, 7) is 6.46. The number of hydrogen-bond acceptors (Lipinski definition) is 3. The Morgan fingerprint density at radius 3 is 2.25 bits per heavy atom. The zero-order chi connectivity index (χ0) is 26.1. The Labute approximate surface area is 223 Å². The lowest BCUT2D eigenvalue weighted by Gasteiger charge is -2.31. The van der Waals surface area contributed by atoms with Crippen molar-refractivity contribution in [2.75, 3.05) is 13.2 Å². The fourth-order valence-electron chi connectivity index (χ4n) is 4.00. The van der Waals surface area contributed by atoms with Gasteiger partial charge in [-0.2, -0.15) is 0 Å². The molecule has 0 saturated carbocycles. The number of carbonyl (C=O) groups is 2. The van der Waals surface area contributed by atoms with E-state index in [-0.39, 0.29) is 25.0 Å². The maximum absolute atomic E-state index is 13.6. The van der Waals surface area contributed by atoms with Crippen LogP contribution in [0.4, 0.5) is 0 Å². The fourth-order valence-corrected chi connectivity index (χ4v) is 4.32. The van der Waals surface area contributed by atoms with Crippen LogP contribution < -0.4 is 10.1 Å². The number of hydrogen-bond donors (Lipinski definition) is 1. The molecule has 0 heterocycles. The maximum atomic E-state index is 13.6. The molecule has 36 heavy (non-hydrogen) atoms. The van der Waals surface area contributed by atoms with E-state index < -0.39 is 6.04 Å². The summed E-state index contributed by atoms with van der Waals surface area (Å²) in [5.74, 6) is 0.110. The van der Waals surface area contributed by atoms with Gasteiger partial charge in [0.1, 0.15) is 11.8 Å². The standard InChI is InChI=1S/C29H32Cl2N2O3/c1-4-12-32-29(35)27(17-22-8-6-5-7-9-22)33(18-23-10-11-25(30)26(31)16-23)28(34)19-36-24-14-20(2)13-21(3)15-24/h5-11,13-16,27H,4,12,17-19H2,1-3H3,(H,32,35). The van der Waals surface area contributed by atoms with Crippen LogP contribution in [0.3, 0.4) is 0 Å². The second kappa shape index (κ2) is 13.3. The fraction of sp³-hybridized carbons (Fsp3) is 0.310. The number of ether oxygens (including phenoxy) is 1. The Balaban J connectivity index is 1.92. The van der Waals surface area contributed by atoms with Gasteiger partial charge in [0.05, 0.1) is 10.0 Å². The Kier molecular flexibility index (Phi) is 10.2. The smallest absolute Gasteiger partial charge is 0.261 e. The highest BCUT2D eigenvalue weighted by Gasteiger charge is 2.30. The van der Waals surface area contributed by atoms with Crippen LogP contribution >= 0.6 is 23.2 Å². The van der Waals surface area contributed by atoms with Crippen molar-refractivity contribution in [1.82, 2.24) is 10.2 Å². The van der Waals surface area contributed by atoms with Gasteiger partial charge in [0.15, 0.2) is 6.61 Å². The van der Waals surface area contributed by atoms with Crippen LogP contribution in [0.2, 0.25) is 10.0 Å². The molecule has 0 aromatic heterocycles. The lowest BCUT2D eigenvalue weighted by Crippen LogP contribution is -2.51. The molecule has 0 aliphatic heterocycles. The maximum Gasteiger partial charge on any atom is 0.261 e. The Morgan fingerprint density at radius 1 is 0.917 bits per heavy atom. The zero-order valence-corrected chi connectivity index (χ0v) is 22.4. The molecule has 0 spiro atoms. The minimum atomic E-state index is -0.733. The van der Waals surface area contributed by atoms with Crippen molar-refractivity contribution < 1.29 is 14.3 Å². The first-order chi connectivity index (χ1) is 17.3. The number of aryl methyl sites for hydroxylation is 2. The quantitative estimate of drug-likeness (QED) is 0.325. The molecule has 1 N–H and O–H groups in total. The minimum absolute atomic E-state index is 0.184. The van der Waals surface area contributed by atoms with Crippen LogP contribution in [0.1, 0.15) is 35.6 Å². The van der Waals surface area contributed by atoms with E-state index >= 15 is 0 Å². The summed E-state index contributed by atoms with van der Waals surface area (Å²) in [5.41, 5.74) is 3.82. The van der Waals surface area contributed by atoms with E-state index in [4.69, 9.17) is 27.9 Å². The van der Waals surface area contributed by atoms with Gasteiger partial charge in [0, 0.05) is 19.5 Å². The molecule has 3 rings (SSSR count). The predicted octanol–water partition coefficient (Wildman–Crippen LogP) is 6.16. The summed E-state index contributed by atoms with van der Waals surface area (Å²) in [4.78, 5) is 28.5. The normalized spacial score (nSPS) is 11.6. The molecule has 0 fully saturated rings. The van der Waals surface area contributed by atoms with E-state index in [2.05, 4.69) is 5.32 Å². The first kappa shape index (κ1) is 27.6. The lowest BCUT2D eigenvalue weighted by atomic mass is 10.0. The predicted molar refractivity (Wildman–Crippen MR) is 146 cm³/mol. The molecule has 3 aromatic rings. The number of benzene rings is 3. The zero-order valence-electron chi connectivity index (χ0n) is 20.9. The monoisotopic (exact) mass is 526 g/mol. The molecule has 1 atom stereocenters. The molecule has 0 bridgehead atoms. The van der Waals surface area contributed by atoms with Gasteiger partial charge in [-0.05, 0) is 66.8 Å². The van der Waals surface area contributed by atoms with Crippen LogP contribution in [0, 0.1) is 13.8 Å². The van der Waals surface area contributed by atoms with Gasteiger partial charge in [-0.1, -0.05) is 72.6 Å². The van der Waals surface area contributed by atoms with Crippen molar-refractivity contribution in [3.05, 3.63) is 99.0 Å². The summed E-state index contributed by atoms with van der Waals surface area (Å²) in [5, 5.41) is 3.78. The number of rotatable bonds is 11. The van der Waals surface area contributed by atoms with Crippen molar-refractivity contribution >= 4 is 35.0 Å². The molecule has 5 nitrogen and oxygen atoms in total. The highest BCUT2D eigenvalue weighted by Crippen LogP contribution is 2.24. The molecule has 190 valence electrons. The summed E-state index contributed by atoms with van der Waals surface area (Å²) in [7, 11) is 0. The third kappa shape index (κ3) is 8.00. The minimum Gasteiger partial charge on any atom is -0.484 e. The lowest BCUT2D eigenvalue weighted by molar-refractivity contribution is -0.142. The van der Waals surface area contributed by atoms with Crippen LogP contribution in [0.15, 0.2) is 66.7 Å². The molecule has 1 unspecified atom stereocenters. The second-order valence-corrected chi connectivity index (χ2v) is 9.69. The first-order valence-corrected chi connectivity index (χ1v) is 12.8. The summed E-state index contributed by atoms with van der Waals surface area (Å²) in [6, 6.07) is 20.0. The van der Waals surface area contributed by atoms with Crippen molar-refractivity contribution in [2.45, 2.75) is 46.2 Å². The molecule has 7 heteroatoms. The van der Waals surface area contributed by atoms with Crippen LogP contribution in [-0.4, -0.2) is 35.9 Å². The Hall–Kier alpha value is -3.02. The second-order valence-electron chi connectivity index (χ2n) is 8.88. The van der Waals surface area contributed by atoms with E-state index in [1.165, 1.54) is 0 Å². The Bertz CT molecular complexity index is 1160. The number of nitrogens with one attached hydrogen (secondary N) is 1. The largest absolute Gasteiger partial charge is 0.484 e. The van der Waals surface area contributed by atoms with Crippen molar-refractivity contribution in [3.8, 4) is 5.75 Å². The summed E-state index contributed by atoms with van der Waals surface area (Å²) in [6.07, 6.45) is 1.16. The van der Waals surface area contributed by atoms with Crippen molar-refractivity contribution in [2.24, 2.45) is 0 Å². The number of halogens is 2. The van der Waals surface area contributed by atoms with Gasteiger partial charge in [-0.3, -0.25) is 9.59 Å². The molecular weight excluding hydrogens is 495 g/mol. The SMILES string of the molecule is CCCNC(=O)C(Cc1ccccc1)N(Cc1ccc(Cl)c(Cl)c1)C(=O)COc1cc(C)cc(C)c1. The van der Waals surface area contributed by atoms with Gasteiger partial charge in [0.25, 0.3) is 5.91 Å². The molecule has 3 aromatic carbocycles. The van der Waals surface area contributed by atoms with Gasteiger partial charge >= 0.3 is 0 Å². The third-order valence-corrected chi connectivity index (χ3v) is 6.45. The van der Waals surface area contributed by atoms with E-state index in [0.29, 0.717) is 28.8 Å². The molecule has 2 amide bonds. The summed E-state index contributed by atoms with van der Waals surface area (Å²) < 4.78 is 5.88. The van der Waals surface area contributed by atoms with Crippen LogP contribution in [-0.2, 0) is 22.6 Å². The number of carbonyl (C=O) groups excluding carboxylic acids is 2. The van der Waals surface area contributed by atoms with E-state index in [1.54, 1.807) is 17.0 Å². The Morgan fingerprint density at radius 2 is 1.61 bits per heavy atom. The number of amides is 2. The van der Waals surface area contributed by atoms with E-state index in [1.807, 2.05) is 75.4 Å². The highest BCUT2D eigenvalue weighted by molar-refractivity contribution is 6.42. The molecule has 0 radical (unpaired) electrons. The average Bonchev–Trinajstić information content (AvgIpc) is 2.85. The van der Waals surface area contributed by atoms with Crippen LogP contribution in [0.5, 0.6) is 5.75 Å². The van der Waals surface area contributed by atoms with Gasteiger partial charge < -0.3 is 15.0 Å². The molecule has 0 saturated heterocycles. The highest BCUT2D eigenvalue weighted by atomic mass is 35.5.